The Morgan fingerprint density at radius 1 is 1.00 bits per heavy atom. The zero-order valence-electron chi connectivity index (χ0n) is 11.9. The Labute approximate surface area is 124 Å². The summed E-state index contributed by atoms with van der Waals surface area (Å²) in [5.74, 6) is -1.69. The van der Waals surface area contributed by atoms with Crippen LogP contribution in [0.15, 0.2) is 60.7 Å². The molecule has 1 atom stereocenters. The Hall–Kier alpha value is -2.55. The van der Waals surface area contributed by atoms with Gasteiger partial charge in [0.2, 0.25) is 0 Å². The first-order valence-corrected chi connectivity index (χ1v) is 6.88. The third kappa shape index (κ3) is 3.96. The number of hydrogen-bond acceptors (Lipinski definition) is 3. The van der Waals surface area contributed by atoms with Gasteiger partial charge in [-0.2, -0.15) is 24.1 Å². The van der Waals surface area contributed by atoms with Crippen molar-refractivity contribution < 1.29 is 14.3 Å². The zero-order valence-corrected chi connectivity index (χ0v) is 11.9. The van der Waals surface area contributed by atoms with Crippen molar-refractivity contribution in [2.45, 2.75) is 6.92 Å². The Morgan fingerprint density at radius 2 is 1.57 bits per heavy atom. The van der Waals surface area contributed by atoms with Gasteiger partial charge in [-0.3, -0.25) is 9.59 Å². The van der Waals surface area contributed by atoms with Crippen LogP contribution in [0.25, 0.3) is 0 Å². The van der Waals surface area contributed by atoms with E-state index in [1.54, 1.807) is 37.6 Å². The minimum Gasteiger partial charge on any atom is -0.466 e. The molecule has 0 bridgehead atoms. The van der Waals surface area contributed by atoms with Gasteiger partial charge < -0.3 is 4.74 Å². The predicted octanol–water partition coefficient (Wildman–Crippen LogP) is 3.30. The number of benzene rings is 2. The Bertz CT molecular complexity index is 590. The third-order valence-corrected chi connectivity index (χ3v) is 3.04. The van der Waals surface area contributed by atoms with Gasteiger partial charge in [-0.1, -0.05) is 36.4 Å². The van der Waals surface area contributed by atoms with Crippen LogP contribution in [0.1, 0.15) is 22.8 Å². The molecular formula is C18H17O3-. The van der Waals surface area contributed by atoms with E-state index in [4.69, 9.17) is 4.74 Å². The molecule has 2 aromatic rings. The summed E-state index contributed by atoms with van der Waals surface area (Å²) in [5, 5.41) is 0. The molecule has 0 aromatic heterocycles. The standard InChI is InChI=1S/C18H17O3/c1-2-21-18(20)16(13-14-9-5-3-6-10-14)17(19)15-11-7-4-8-12-15/h3-13,16H,2H2,1H3/q-1. The highest BCUT2D eigenvalue weighted by Crippen LogP contribution is 2.18. The minimum absolute atomic E-state index is 0.250. The van der Waals surface area contributed by atoms with Crippen molar-refractivity contribution in [1.29, 1.82) is 0 Å². The molecular weight excluding hydrogens is 264 g/mol. The number of hydrogen-bond donors (Lipinski definition) is 0. The first-order valence-electron chi connectivity index (χ1n) is 6.88. The van der Waals surface area contributed by atoms with Gasteiger partial charge >= 0.3 is 5.97 Å². The Kier molecular flexibility index (Phi) is 5.16. The normalized spacial score (nSPS) is 11.5. The van der Waals surface area contributed by atoms with Crippen LogP contribution in [0.4, 0.5) is 0 Å². The molecule has 0 aliphatic carbocycles. The first-order chi connectivity index (χ1) is 10.2. The van der Waals surface area contributed by atoms with Gasteiger partial charge in [-0.25, -0.2) is 0 Å². The van der Waals surface area contributed by atoms with E-state index < -0.39 is 11.9 Å². The summed E-state index contributed by atoms with van der Waals surface area (Å²) in [7, 11) is 0. The summed E-state index contributed by atoms with van der Waals surface area (Å²) >= 11 is 0. The van der Waals surface area contributed by atoms with Gasteiger partial charge in [0.1, 0.15) is 0 Å². The summed E-state index contributed by atoms with van der Waals surface area (Å²) in [6.45, 7) is 1.98. The Morgan fingerprint density at radius 3 is 2.14 bits per heavy atom. The molecule has 0 saturated heterocycles. The second-order valence-electron chi connectivity index (χ2n) is 4.54. The molecule has 0 saturated carbocycles. The van der Waals surface area contributed by atoms with Crippen molar-refractivity contribution in [1.82, 2.24) is 0 Å². The molecule has 0 amide bonds. The summed E-state index contributed by atoms with van der Waals surface area (Å²) < 4.78 is 5.03. The van der Waals surface area contributed by atoms with Crippen LogP contribution in [0, 0.1) is 12.3 Å². The topological polar surface area (TPSA) is 43.4 Å². The van der Waals surface area contributed by atoms with Gasteiger partial charge in [-0.05, 0) is 6.92 Å². The second-order valence-corrected chi connectivity index (χ2v) is 4.54. The molecule has 1 unspecified atom stereocenters. The van der Waals surface area contributed by atoms with Crippen LogP contribution in [-0.2, 0) is 9.53 Å². The molecule has 0 aliphatic heterocycles. The van der Waals surface area contributed by atoms with E-state index in [2.05, 4.69) is 0 Å². The van der Waals surface area contributed by atoms with E-state index in [9.17, 15) is 9.59 Å². The molecule has 0 radical (unpaired) electrons. The smallest absolute Gasteiger partial charge is 0.308 e. The van der Waals surface area contributed by atoms with Crippen LogP contribution in [0.5, 0.6) is 0 Å². The largest absolute Gasteiger partial charge is 0.466 e. The maximum atomic E-state index is 12.5. The monoisotopic (exact) mass is 281 g/mol. The first kappa shape index (κ1) is 14.9. The molecule has 3 nitrogen and oxygen atoms in total. The van der Waals surface area contributed by atoms with Gasteiger partial charge in [0.25, 0.3) is 0 Å². The fourth-order valence-corrected chi connectivity index (χ4v) is 2.02. The molecule has 0 aliphatic rings. The zero-order chi connectivity index (χ0) is 15.1. The number of rotatable bonds is 6. The van der Waals surface area contributed by atoms with Gasteiger partial charge in [-0.15, -0.1) is 12.1 Å². The summed E-state index contributed by atoms with van der Waals surface area (Å²) in [6.07, 6.45) is 1.65. The average molecular weight is 281 g/mol. The van der Waals surface area contributed by atoms with Crippen molar-refractivity contribution in [2.24, 2.45) is 5.92 Å². The number of esters is 1. The molecule has 2 aromatic carbocycles. The van der Waals surface area contributed by atoms with Gasteiger partial charge in [0.15, 0.2) is 5.78 Å². The van der Waals surface area contributed by atoms with E-state index in [-0.39, 0.29) is 12.4 Å². The molecule has 21 heavy (non-hydrogen) atoms. The average Bonchev–Trinajstić information content (AvgIpc) is 2.54. The highest BCUT2D eigenvalue weighted by atomic mass is 16.5. The number of carbonyl (C=O) groups is 2. The van der Waals surface area contributed by atoms with E-state index in [1.165, 1.54) is 0 Å². The van der Waals surface area contributed by atoms with Crippen LogP contribution in [-0.4, -0.2) is 18.4 Å². The maximum Gasteiger partial charge on any atom is 0.308 e. The fourth-order valence-electron chi connectivity index (χ4n) is 2.02. The lowest BCUT2D eigenvalue weighted by atomic mass is 9.91. The van der Waals surface area contributed by atoms with E-state index in [0.29, 0.717) is 5.56 Å². The highest BCUT2D eigenvalue weighted by Gasteiger charge is 2.25. The van der Waals surface area contributed by atoms with Crippen LogP contribution in [0.3, 0.4) is 0 Å². The van der Waals surface area contributed by atoms with Crippen molar-refractivity contribution in [2.75, 3.05) is 6.61 Å². The molecule has 0 fully saturated rings. The van der Waals surface area contributed by atoms with Gasteiger partial charge in [0.05, 0.1) is 12.5 Å². The molecule has 2 rings (SSSR count). The maximum absolute atomic E-state index is 12.5. The lowest BCUT2D eigenvalue weighted by molar-refractivity contribution is -0.145. The molecule has 0 spiro atoms. The van der Waals surface area contributed by atoms with Crippen molar-refractivity contribution in [3.8, 4) is 0 Å². The van der Waals surface area contributed by atoms with E-state index in [0.717, 1.165) is 5.56 Å². The molecule has 0 heterocycles. The quantitative estimate of drug-likeness (QED) is 0.353. The summed E-state index contributed by atoms with van der Waals surface area (Å²) in [5.41, 5.74) is 1.32. The number of ether oxygens (including phenoxy) is 1. The van der Waals surface area contributed by atoms with E-state index >= 15 is 0 Å². The summed E-state index contributed by atoms with van der Waals surface area (Å²) in [6, 6.07) is 18.1. The van der Waals surface area contributed by atoms with Crippen molar-refractivity contribution in [3.05, 3.63) is 78.2 Å². The Balaban J connectivity index is 2.24. The number of ketones is 1. The fraction of sp³-hybridized carbons (Fsp3) is 0.167. The number of Topliss-reactive ketones (excluding diaryl/α,β-unsaturated/α-hetero) is 1. The predicted molar refractivity (Wildman–Crippen MR) is 80.7 cm³/mol. The lowest BCUT2D eigenvalue weighted by Crippen LogP contribution is -2.27. The second kappa shape index (κ2) is 7.29. The van der Waals surface area contributed by atoms with Crippen molar-refractivity contribution >= 4 is 11.8 Å². The number of carbonyl (C=O) groups excluding carboxylic acids is 2. The molecule has 108 valence electrons. The highest BCUT2D eigenvalue weighted by molar-refractivity contribution is 6.10. The van der Waals surface area contributed by atoms with Gasteiger partial charge in [0, 0.05) is 5.56 Å². The lowest BCUT2D eigenvalue weighted by Gasteiger charge is -2.19. The van der Waals surface area contributed by atoms with Crippen LogP contribution < -0.4 is 0 Å². The van der Waals surface area contributed by atoms with Crippen LogP contribution in [0.2, 0.25) is 0 Å². The van der Waals surface area contributed by atoms with Crippen LogP contribution >= 0.6 is 0 Å². The molecule has 3 heteroatoms. The SMILES string of the molecule is CCOC(=O)C([CH-]c1ccccc1)C(=O)c1ccccc1. The molecule has 0 N–H and O–H groups in total. The summed E-state index contributed by atoms with van der Waals surface area (Å²) in [4.78, 5) is 24.6. The minimum atomic E-state index is -0.922. The third-order valence-electron chi connectivity index (χ3n) is 3.04. The van der Waals surface area contributed by atoms with E-state index in [1.807, 2.05) is 36.4 Å². The van der Waals surface area contributed by atoms with Crippen molar-refractivity contribution in [3.63, 3.8) is 0 Å².